The molecular weight excluding hydrogens is 498 g/mol. The lowest BCUT2D eigenvalue weighted by Crippen LogP contribution is -2.31. The van der Waals surface area contributed by atoms with Gasteiger partial charge in [-0.25, -0.2) is 8.78 Å². The molecule has 1 aromatic carbocycles. The van der Waals surface area contributed by atoms with Crippen molar-refractivity contribution in [3.63, 3.8) is 0 Å². The standard InChI is InChI=1S/C33H50F2O4/c1-4-6-7-9-25-10-12-26(13-11-25)14-16-29(36)19-21-33(38-22-23-39-33)20-18-28(24-37-3)30-17-15-27(8-5-2)31(34)32(30)35/h15,17,24-26H,4-14,16,18-23H2,1-3H3. The number of carbonyl (C=O) groups excluding carboxylic acids is 1. The van der Waals surface area contributed by atoms with Gasteiger partial charge in [-0.05, 0) is 42.2 Å². The number of hydrogen-bond acceptors (Lipinski definition) is 4. The Morgan fingerprint density at radius 1 is 0.923 bits per heavy atom. The van der Waals surface area contributed by atoms with Crippen molar-refractivity contribution < 1.29 is 27.8 Å². The Balaban J connectivity index is 1.49. The molecule has 0 N–H and O–H groups in total. The van der Waals surface area contributed by atoms with Crippen LogP contribution in [0.15, 0.2) is 18.4 Å². The van der Waals surface area contributed by atoms with Gasteiger partial charge in [0.05, 0.1) is 26.6 Å². The normalized spacial score (nSPS) is 21.3. The number of rotatable bonds is 17. The minimum Gasteiger partial charge on any atom is -0.504 e. The fourth-order valence-electron chi connectivity index (χ4n) is 6.25. The zero-order valence-electron chi connectivity index (χ0n) is 24.5. The van der Waals surface area contributed by atoms with Crippen molar-refractivity contribution in [2.45, 2.75) is 122 Å². The van der Waals surface area contributed by atoms with Gasteiger partial charge in [0.1, 0.15) is 5.78 Å². The molecule has 1 heterocycles. The zero-order valence-corrected chi connectivity index (χ0v) is 24.5. The number of halogens is 2. The third-order valence-corrected chi connectivity index (χ3v) is 8.67. The lowest BCUT2D eigenvalue weighted by Gasteiger charge is -2.29. The first-order chi connectivity index (χ1) is 18.9. The molecule has 1 aromatic rings. The number of methoxy groups -OCH3 is 1. The molecule has 39 heavy (non-hydrogen) atoms. The monoisotopic (exact) mass is 548 g/mol. The molecule has 6 heteroatoms. The Morgan fingerprint density at radius 3 is 2.23 bits per heavy atom. The number of ketones is 1. The Bertz CT molecular complexity index is 915. The molecule has 0 bridgehead atoms. The topological polar surface area (TPSA) is 44.8 Å². The fraction of sp³-hybridized carbons (Fsp3) is 0.727. The quantitative estimate of drug-likeness (QED) is 0.144. The van der Waals surface area contributed by atoms with Gasteiger partial charge in [-0.2, -0.15) is 0 Å². The smallest absolute Gasteiger partial charge is 0.169 e. The van der Waals surface area contributed by atoms with Crippen molar-refractivity contribution in [2.75, 3.05) is 20.3 Å². The molecule has 2 aliphatic rings. The van der Waals surface area contributed by atoms with E-state index in [0.29, 0.717) is 68.8 Å². The minimum absolute atomic E-state index is 0.193. The maximum atomic E-state index is 15.0. The van der Waals surface area contributed by atoms with Crippen molar-refractivity contribution in [2.24, 2.45) is 11.8 Å². The number of carbonyl (C=O) groups is 1. The van der Waals surface area contributed by atoms with Crippen LogP contribution in [0.1, 0.15) is 121 Å². The third-order valence-electron chi connectivity index (χ3n) is 8.67. The first-order valence-electron chi connectivity index (χ1n) is 15.4. The van der Waals surface area contributed by atoms with Crippen LogP contribution in [0.4, 0.5) is 8.78 Å². The van der Waals surface area contributed by atoms with Gasteiger partial charge < -0.3 is 14.2 Å². The van der Waals surface area contributed by atoms with Crippen molar-refractivity contribution in [3.8, 4) is 0 Å². The Kier molecular flexibility index (Phi) is 13.4. The molecule has 4 nitrogen and oxygen atoms in total. The number of hydrogen-bond donors (Lipinski definition) is 0. The second-order valence-corrected chi connectivity index (χ2v) is 11.6. The van der Waals surface area contributed by atoms with Crippen molar-refractivity contribution in [1.29, 1.82) is 0 Å². The van der Waals surface area contributed by atoms with Gasteiger partial charge in [0.25, 0.3) is 0 Å². The van der Waals surface area contributed by atoms with Gasteiger partial charge in [-0.15, -0.1) is 0 Å². The summed E-state index contributed by atoms with van der Waals surface area (Å²) in [5.74, 6) is -0.713. The van der Waals surface area contributed by atoms with Crippen molar-refractivity contribution in [3.05, 3.63) is 41.2 Å². The third kappa shape index (κ3) is 9.67. The number of ether oxygens (including phenoxy) is 3. The molecule has 1 aliphatic carbocycles. The first-order valence-corrected chi connectivity index (χ1v) is 15.4. The lowest BCUT2D eigenvalue weighted by molar-refractivity contribution is -0.168. The molecule has 1 saturated heterocycles. The Labute approximate surface area is 234 Å². The number of unbranched alkanes of at least 4 members (excludes halogenated alkanes) is 2. The summed E-state index contributed by atoms with van der Waals surface area (Å²) < 4.78 is 46.8. The van der Waals surface area contributed by atoms with Gasteiger partial charge in [0.15, 0.2) is 17.4 Å². The van der Waals surface area contributed by atoms with E-state index in [4.69, 9.17) is 14.2 Å². The number of allylic oxidation sites excluding steroid dienone is 1. The van der Waals surface area contributed by atoms with Crippen LogP contribution in [0.3, 0.4) is 0 Å². The molecule has 0 aromatic heterocycles. The predicted molar refractivity (Wildman–Crippen MR) is 152 cm³/mol. The van der Waals surface area contributed by atoms with Crippen LogP contribution in [0, 0.1) is 23.5 Å². The van der Waals surface area contributed by atoms with Crippen LogP contribution in [-0.2, 0) is 25.4 Å². The second kappa shape index (κ2) is 16.5. The summed E-state index contributed by atoms with van der Waals surface area (Å²) in [6, 6.07) is 3.27. The van der Waals surface area contributed by atoms with Gasteiger partial charge in [0, 0.05) is 31.2 Å². The number of benzene rings is 1. The average Bonchev–Trinajstić information content (AvgIpc) is 3.42. The highest BCUT2D eigenvalue weighted by molar-refractivity contribution is 5.78. The van der Waals surface area contributed by atoms with Crippen LogP contribution >= 0.6 is 0 Å². The highest BCUT2D eigenvalue weighted by Gasteiger charge is 2.37. The van der Waals surface area contributed by atoms with E-state index in [1.165, 1.54) is 64.7 Å². The molecule has 0 spiro atoms. The lowest BCUT2D eigenvalue weighted by atomic mass is 9.78. The molecule has 0 atom stereocenters. The van der Waals surface area contributed by atoms with Crippen LogP contribution in [0.2, 0.25) is 0 Å². The van der Waals surface area contributed by atoms with E-state index in [0.717, 1.165) is 18.8 Å². The largest absolute Gasteiger partial charge is 0.504 e. The average molecular weight is 549 g/mol. The molecule has 220 valence electrons. The summed E-state index contributed by atoms with van der Waals surface area (Å²) in [5, 5.41) is 0. The van der Waals surface area contributed by atoms with E-state index in [2.05, 4.69) is 6.92 Å². The van der Waals surface area contributed by atoms with Gasteiger partial charge >= 0.3 is 0 Å². The SMILES string of the molecule is CCCCCC1CCC(CCC(=O)CCC2(CCC(=COC)c3ccc(CCC)c(F)c3F)OCCO2)CC1. The second-order valence-electron chi connectivity index (χ2n) is 11.6. The highest BCUT2D eigenvalue weighted by Crippen LogP contribution is 2.37. The van der Waals surface area contributed by atoms with E-state index in [9.17, 15) is 13.6 Å². The van der Waals surface area contributed by atoms with Crippen molar-refractivity contribution in [1.82, 2.24) is 0 Å². The Morgan fingerprint density at radius 2 is 1.59 bits per heavy atom. The minimum atomic E-state index is -0.879. The molecule has 0 unspecified atom stereocenters. The maximum Gasteiger partial charge on any atom is 0.169 e. The molecule has 3 rings (SSSR count). The van der Waals surface area contributed by atoms with Crippen LogP contribution < -0.4 is 0 Å². The first kappa shape index (κ1) is 31.7. The predicted octanol–water partition coefficient (Wildman–Crippen LogP) is 8.94. The van der Waals surface area contributed by atoms with E-state index in [1.54, 1.807) is 12.1 Å². The van der Waals surface area contributed by atoms with Crippen molar-refractivity contribution >= 4 is 11.4 Å². The van der Waals surface area contributed by atoms with E-state index in [-0.39, 0.29) is 11.3 Å². The summed E-state index contributed by atoms with van der Waals surface area (Å²) in [6.07, 6.45) is 16.5. The summed E-state index contributed by atoms with van der Waals surface area (Å²) in [7, 11) is 1.50. The molecule has 1 aliphatic heterocycles. The molecular formula is C33H50F2O4. The van der Waals surface area contributed by atoms with Crippen LogP contribution in [0.25, 0.3) is 5.57 Å². The zero-order chi connectivity index (χ0) is 28.1. The molecule has 0 amide bonds. The van der Waals surface area contributed by atoms with E-state index >= 15 is 0 Å². The van der Waals surface area contributed by atoms with E-state index < -0.39 is 17.4 Å². The Hall–Kier alpha value is -1.79. The number of Topliss-reactive ketones (excluding diaryl/α,β-unsaturated/α-hetero) is 1. The molecule has 2 fully saturated rings. The molecule has 0 radical (unpaired) electrons. The summed E-state index contributed by atoms with van der Waals surface area (Å²) in [5.41, 5.74) is 1.12. The maximum absolute atomic E-state index is 15.0. The van der Waals surface area contributed by atoms with Gasteiger partial charge in [-0.1, -0.05) is 83.8 Å². The van der Waals surface area contributed by atoms with Gasteiger partial charge in [0.2, 0.25) is 0 Å². The summed E-state index contributed by atoms with van der Waals surface area (Å²) in [6.45, 7) is 5.13. The fourth-order valence-corrected chi connectivity index (χ4v) is 6.25. The van der Waals surface area contributed by atoms with Crippen LogP contribution in [-0.4, -0.2) is 31.9 Å². The van der Waals surface area contributed by atoms with E-state index in [1.807, 2.05) is 6.92 Å². The summed E-state index contributed by atoms with van der Waals surface area (Å²) in [4.78, 5) is 12.8. The van der Waals surface area contributed by atoms with Gasteiger partial charge in [-0.3, -0.25) is 4.79 Å². The van der Waals surface area contributed by atoms with Crippen LogP contribution in [0.5, 0.6) is 0 Å². The summed E-state index contributed by atoms with van der Waals surface area (Å²) >= 11 is 0. The number of aryl methyl sites for hydroxylation is 1. The highest BCUT2D eigenvalue weighted by atomic mass is 19.2. The molecule has 1 saturated carbocycles.